The van der Waals surface area contributed by atoms with E-state index < -0.39 is 24.0 Å². The predicted octanol–water partition coefficient (Wildman–Crippen LogP) is 7.85. The Kier molecular flexibility index (Phi) is 6.45. The number of allylic oxidation sites excluding steroid dienone is 6. The van der Waals surface area contributed by atoms with Gasteiger partial charge in [-0.25, -0.2) is 17.6 Å². The fraction of sp³-hybridized carbons (Fsp3) is 0.333. The molecule has 2 aliphatic carbocycles. The summed E-state index contributed by atoms with van der Waals surface area (Å²) in [5.74, 6) is -1.27. The van der Waals surface area contributed by atoms with E-state index in [-0.39, 0.29) is 5.56 Å². The van der Waals surface area contributed by atoms with Crippen molar-refractivity contribution in [1.29, 1.82) is 0 Å². The van der Waals surface area contributed by atoms with E-state index >= 15 is 0 Å². The van der Waals surface area contributed by atoms with Crippen LogP contribution in [0.25, 0.3) is 11.1 Å². The van der Waals surface area contributed by atoms with Gasteiger partial charge in [0, 0.05) is 5.56 Å². The largest absolute Gasteiger partial charge is 0.239 e. The van der Waals surface area contributed by atoms with Crippen LogP contribution in [0.1, 0.15) is 38.2 Å². The first-order valence-corrected chi connectivity index (χ1v) is 10.8. The summed E-state index contributed by atoms with van der Waals surface area (Å²) in [6.45, 7) is 1.60. The second-order valence-corrected chi connectivity index (χ2v) is 8.51. The highest BCUT2D eigenvalue weighted by molar-refractivity contribution is 5.64. The summed E-state index contributed by atoms with van der Waals surface area (Å²) in [6.07, 6.45) is 5.59. The van der Waals surface area contributed by atoms with Crippen molar-refractivity contribution in [2.75, 3.05) is 0 Å². The SMILES string of the molecule is CC1=CC=C(C2=CCC(CCc3ccc(-c4ccccc4)c(F)c3F)CC2)C(F)C1F. The third-order valence-electron chi connectivity index (χ3n) is 6.47. The Labute approximate surface area is 181 Å². The van der Waals surface area contributed by atoms with Crippen molar-refractivity contribution in [1.82, 2.24) is 0 Å². The molecule has 0 aromatic heterocycles. The Hall–Kier alpha value is -2.62. The lowest BCUT2D eigenvalue weighted by molar-refractivity contribution is 0.224. The molecule has 4 rings (SSSR count). The fourth-order valence-electron chi connectivity index (χ4n) is 4.47. The van der Waals surface area contributed by atoms with Gasteiger partial charge < -0.3 is 0 Å². The average Bonchev–Trinajstić information content (AvgIpc) is 2.80. The van der Waals surface area contributed by atoms with Gasteiger partial charge in [-0.1, -0.05) is 60.7 Å². The number of benzene rings is 2. The molecule has 0 bridgehead atoms. The molecule has 3 atom stereocenters. The van der Waals surface area contributed by atoms with E-state index in [4.69, 9.17) is 0 Å². The molecule has 0 amide bonds. The minimum Gasteiger partial charge on any atom is -0.239 e. The third kappa shape index (κ3) is 4.53. The van der Waals surface area contributed by atoms with Crippen LogP contribution in [0.4, 0.5) is 17.6 Å². The van der Waals surface area contributed by atoms with Crippen LogP contribution in [-0.4, -0.2) is 12.3 Å². The maximum atomic E-state index is 14.6. The highest BCUT2D eigenvalue weighted by atomic mass is 19.2. The van der Waals surface area contributed by atoms with E-state index in [9.17, 15) is 17.6 Å². The summed E-state index contributed by atoms with van der Waals surface area (Å²) in [5, 5.41) is 0. The second kappa shape index (κ2) is 9.25. The molecule has 0 radical (unpaired) electrons. The first kappa shape index (κ1) is 21.6. The molecule has 0 saturated carbocycles. The van der Waals surface area contributed by atoms with Crippen LogP contribution < -0.4 is 0 Å². The fourth-order valence-corrected chi connectivity index (χ4v) is 4.47. The van der Waals surface area contributed by atoms with E-state index in [1.807, 2.05) is 12.1 Å². The Bertz CT molecular complexity index is 1030. The molecular formula is C27H26F4. The van der Waals surface area contributed by atoms with Crippen LogP contribution in [0.5, 0.6) is 0 Å². The van der Waals surface area contributed by atoms with E-state index in [2.05, 4.69) is 0 Å². The van der Waals surface area contributed by atoms with Crippen molar-refractivity contribution < 1.29 is 17.6 Å². The van der Waals surface area contributed by atoms with Crippen molar-refractivity contribution in [2.45, 2.75) is 51.4 Å². The molecule has 0 aliphatic heterocycles. The van der Waals surface area contributed by atoms with Crippen LogP contribution in [0.2, 0.25) is 0 Å². The quantitative estimate of drug-likeness (QED) is 0.427. The van der Waals surface area contributed by atoms with Crippen LogP contribution in [0, 0.1) is 17.6 Å². The van der Waals surface area contributed by atoms with Gasteiger partial charge in [0.2, 0.25) is 0 Å². The molecule has 0 N–H and O–H groups in total. The predicted molar refractivity (Wildman–Crippen MR) is 117 cm³/mol. The molecular weight excluding hydrogens is 400 g/mol. The summed E-state index contributed by atoms with van der Waals surface area (Å²) in [5.41, 5.74) is 3.04. The monoisotopic (exact) mass is 426 g/mol. The summed E-state index contributed by atoms with van der Waals surface area (Å²) in [4.78, 5) is 0. The molecule has 31 heavy (non-hydrogen) atoms. The van der Waals surface area contributed by atoms with E-state index in [0.29, 0.717) is 41.0 Å². The highest BCUT2D eigenvalue weighted by Gasteiger charge is 2.31. The van der Waals surface area contributed by atoms with E-state index in [1.54, 1.807) is 55.5 Å². The normalized spacial score (nSPS) is 23.8. The number of rotatable bonds is 5. The van der Waals surface area contributed by atoms with Crippen LogP contribution in [0.3, 0.4) is 0 Å². The zero-order valence-corrected chi connectivity index (χ0v) is 17.6. The van der Waals surface area contributed by atoms with E-state index in [1.165, 1.54) is 0 Å². The van der Waals surface area contributed by atoms with Gasteiger partial charge in [-0.05, 0) is 72.8 Å². The number of alkyl halides is 2. The lowest BCUT2D eigenvalue weighted by Crippen LogP contribution is -2.25. The van der Waals surface area contributed by atoms with Crippen molar-refractivity contribution in [3.8, 4) is 11.1 Å². The molecule has 162 valence electrons. The molecule has 0 fully saturated rings. The molecule has 2 aromatic rings. The number of aryl methyl sites for hydroxylation is 1. The van der Waals surface area contributed by atoms with Gasteiger partial charge in [0.1, 0.15) is 0 Å². The number of hydrogen-bond acceptors (Lipinski definition) is 0. The lowest BCUT2D eigenvalue weighted by Gasteiger charge is -2.27. The smallest absolute Gasteiger partial charge is 0.166 e. The molecule has 0 saturated heterocycles. The number of halogens is 4. The Morgan fingerprint density at radius 1 is 0.903 bits per heavy atom. The highest BCUT2D eigenvalue weighted by Crippen LogP contribution is 2.37. The van der Waals surface area contributed by atoms with Gasteiger partial charge in [0.15, 0.2) is 24.0 Å². The maximum Gasteiger partial charge on any atom is 0.166 e. The van der Waals surface area contributed by atoms with Gasteiger partial charge in [-0.3, -0.25) is 0 Å². The van der Waals surface area contributed by atoms with Crippen LogP contribution >= 0.6 is 0 Å². The average molecular weight is 426 g/mol. The maximum absolute atomic E-state index is 14.6. The molecule has 2 aromatic carbocycles. The third-order valence-corrected chi connectivity index (χ3v) is 6.47. The van der Waals surface area contributed by atoms with Crippen molar-refractivity contribution in [3.63, 3.8) is 0 Å². The molecule has 3 unspecified atom stereocenters. The van der Waals surface area contributed by atoms with Crippen molar-refractivity contribution >= 4 is 0 Å². The van der Waals surface area contributed by atoms with E-state index in [0.717, 1.165) is 24.8 Å². The van der Waals surface area contributed by atoms with Crippen LogP contribution in [0.15, 0.2) is 77.4 Å². The molecule has 2 aliphatic rings. The molecule has 0 heterocycles. The van der Waals surface area contributed by atoms with Gasteiger partial charge in [-0.15, -0.1) is 0 Å². The first-order chi connectivity index (χ1) is 15.0. The van der Waals surface area contributed by atoms with Gasteiger partial charge in [-0.2, -0.15) is 0 Å². The first-order valence-electron chi connectivity index (χ1n) is 10.8. The molecule has 0 spiro atoms. The van der Waals surface area contributed by atoms with Gasteiger partial charge in [0.05, 0.1) is 0 Å². The van der Waals surface area contributed by atoms with Crippen molar-refractivity contribution in [3.05, 3.63) is 94.6 Å². The molecule has 4 heteroatoms. The van der Waals surface area contributed by atoms with Crippen molar-refractivity contribution in [2.24, 2.45) is 5.92 Å². The Balaban J connectivity index is 1.40. The second-order valence-electron chi connectivity index (χ2n) is 8.51. The zero-order chi connectivity index (χ0) is 22.0. The van der Waals surface area contributed by atoms with Gasteiger partial charge >= 0.3 is 0 Å². The number of hydrogen-bond donors (Lipinski definition) is 0. The Morgan fingerprint density at radius 2 is 1.68 bits per heavy atom. The zero-order valence-electron chi connectivity index (χ0n) is 17.6. The Morgan fingerprint density at radius 3 is 2.39 bits per heavy atom. The topological polar surface area (TPSA) is 0 Å². The standard InChI is InChI=1S/C27H26F4/c1-17-7-15-22(26(30)24(17)28)20-11-8-18(9-12-20)10-13-21-14-16-23(27(31)25(21)29)19-5-3-2-4-6-19/h2-7,11,14-16,18,24,26H,8-10,12-13H2,1H3. The summed E-state index contributed by atoms with van der Waals surface area (Å²) >= 11 is 0. The minimum atomic E-state index is -1.60. The minimum absolute atomic E-state index is 0.268. The lowest BCUT2D eigenvalue weighted by atomic mass is 9.80. The molecule has 0 nitrogen and oxygen atoms in total. The summed E-state index contributed by atoms with van der Waals surface area (Å²) < 4.78 is 57.6. The summed E-state index contributed by atoms with van der Waals surface area (Å²) in [6, 6.07) is 12.3. The van der Waals surface area contributed by atoms with Crippen LogP contribution in [-0.2, 0) is 6.42 Å². The summed E-state index contributed by atoms with van der Waals surface area (Å²) in [7, 11) is 0. The van der Waals surface area contributed by atoms with Gasteiger partial charge in [0.25, 0.3) is 0 Å².